The zero-order valence-electron chi connectivity index (χ0n) is 26.9. The zero-order chi connectivity index (χ0) is 35.4. The molecule has 0 unspecified atom stereocenters. The lowest BCUT2D eigenvalue weighted by molar-refractivity contribution is -0.146. The number of nitrogens with zero attached hydrogens (tertiary/aromatic N) is 4. The van der Waals surface area contributed by atoms with Crippen LogP contribution in [0, 0.1) is 6.92 Å². The van der Waals surface area contributed by atoms with Crippen LogP contribution in [0.1, 0.15) is 51.2 Å². The summed E-state index contributed by atoms with van der Waals surface area (Å²) < 4.78 is 40.4. The minimum Gasteiger partial charge on any atom is -0.347 e. The van der Waals surface area contributed by atoms with Gasteiger partial charge >= 0.3 is 13.3 Å². The minimum atomic E-state index is -5.84. The molecule has 13 nitrogen and oxygen atoms in total. The quantitative estimate of drug-likeness (QED) is 0.222. The van der Waals surface area contributed by atoms with Crippen molar-refractivity contribution >= 4 is 52.9 Å². The summed E-state index contributed by atoms with van der Waals surface area (Å²) in [7, 11) is -2.64. The third-order valence-electron chi connectivity index (χ3n) is 9.25. The third-order valence-corrected chi connectivity index (χ3v) is 10.2. The van der Waals surface area contributed by atoms with Gasteiger partial charge in [0.15, 0.2) is 5.69 Å². The van der Waals surface area contributed by atoms with Crippen LogP contribution in [-0.2, 0) is 19.8 Å². The number of amides is 4. The Hall–Kier alpha value is -4.72. The van der Waals surface area contributed by atoms with Crippen molar-refractivity contribution in [3.8, 4) is 0 Å². The van der Waals surface area contributed by atoms with Gasteiger partial charge in [-0.25, -0.2) is 0 Å². The Balaban J connectivity index is 1.34. The number of hydrogen-bond acceptors (Lipinski definition) is 6. The highest BCUT2D eigenvalue weighted by molar-refractivity contribution is 7.52. The molecule has 0 spiro atoms. The maximum absolute atomic E-state index is 14.5. The zero-order valence-corrected chi connectivity index (χ0v) is 27.8. The number of hydrogen-bond donors (Lipinski definition) is 4. The number of likely N-dealkylation sites (N-methyl/N-ethyl adjacent to an activating group) is 1. The summed E-state index contributed by atoms with van der Waals surface area (Å²) in [5.41, 5.74) is -3.66. The Morgan fingerprint density at radius 3 is 2.47 bits per heavy atom. The van der Waals surface area contributed by atoms with E-state index in [2.05, 4.69) is 15.5 Å². The molecule has 0 bridgehead atoms. The smallest absolute Gasteiger partial charge is 0.347 e. The Bertz CT molecular complexity index is 2050. The normalized spacial score (nSPS) is 20.2. The molecule has 2 aliphatic rings. The first-order chi connectivity index (χ1) is 23.1. The molecule has 3 atom stereocenters. The van der Waals surface area contributed by atoms with Gasteiger partial charge < -0.3 is 29.8 Å². The second-order valence-electron chi connectivity index (χ2n) is 12.8. The molecule has 4 amide bonds. The molecule has 0 saturated carbocycles. The van der Waals surface area contributed by atoms with Crippen molar-refractivity contribution in [2.45, 2.75) is 50.0 Å². The van der Waals surface area contributed by atoms with E-state index in [1.165, 1.54) is 39.0 Å². The minimum absolute atomic E-state index is 0.0236. The van der Waals surface area contributed by atoms with Crippen molar-refractivity contribution in [1.29, 1.82) is 0 Å². The number of benzene rings is 3. The number of carbonyl (C=O) groups excluding carboxylic acids is 4. The van der Waals surface area contributed by atoms with E-state index in [0.29, 0.717) is 35.6 Å². The predicted molar refractivity (Wildman–Crippen MR) is 175 cm³/mol. The van der Waals surface area contributed by atoms with Gasteiger partial charge in [-0.3, -0.25) is 28.8 Å². The number of carbonyl (C=O) groups is 4. The lowest BCUT2D eigenvalue weighted by Gasteiger charge is -2.39. The molecule has 6 rings (SSSR count). The molecular weight excluding hydrogens is 661 g/mol. The number of alkyl halides is 2. The first kappa shape index (κ1) is 34.2. The summed E-state index contributed by atoms with van der Waals surface area (Å²) in [6.07, 6.45) is 1.34. The van der Waals surface area contributed by atoms with Gasteiger partial charge in [0, 0.05) is 43.2 Å². The van der Waals surface area contributed by atoms with Crippen molar-refractivity contribution < 1.29 is 42.3 Å². The molecule has 0 radical (unpaired) electrons. The Kier molecular flexibility index (Phi) is 8.80. The fraction of sp³-hybridized carbons (Fsp3) is 0.364. The van der Waals surface area contributed by atoms with Crippen molar-refractivity contribution in [2.24, 2.45) is 0 Å². The second-order valence-corrected chi connectivity index (χ2v) is 14.4. The van der Waals surface area contributed by atoms with Gasteiger partial charge in [-0.15, -0.1) is 0 Å². The fourth-order valence-corrected chi connectivity index (χ4v) is 7.11. The van der Waals surface area contributed by atoms with E-state index >= 15 is 0 Å². The van der Waals surface area contributed by atoms with E-state index < -0.39 is 48.6 Å². The molecule has 0 aliphatic carbocycles. The SMILES string of the molecule is Cc1ccc2[nH]nc(C(=O)N3CC[C@H]4CC[C@@H](C(=O)N(C)C)N4C(=O)[C@@H](NC(=O)c4ccc5ccc(C(F)(F)P(=O)(O)O)cc5c4)C3)c2c1. The summed E-state index contributed by atoms with van der Waals surface area (Å²) in [6, 6.07) is 10.3. The molecule has 1 aromatic heterocycles. The summed E-state index contributed by atoms with van der Waals surface area (Å²) in [4.78, 5) is 77.9. The van der Waals surface area contributed by atoms with Crippen LogP contribution < -0.4 is 5.32 Å². The Morgan fingerprint density at radius 2 is 1.76 bits per heavy atom. The molecule has 4 N–H and O–H groups in total. The molecule has 49 heavy (non-hydrogen) atoms. The van der Waals surface area contributed by atoms with Gasteiger partial charge in [-0.05, 0) is 67.3 Å². The predicted octanol–water partition coefficient (Wildman–Crippen LogP) is 3.34. The molecule has 2 fully saturated rings. The van der Waals surface area contributed by atoms with Crippen LogP contribution in [0.2, 0.25) is 0 Å². The third kappa shape index (κ3) is 6.29. The van der Waals surface area contributed by atoms with E-state index in [1.807, 2.05) is 25.1 Å². The van der Waals surface area contributed by atoms with Crippen LogP contribution in [0.5, 0.6) is 0 Å². The molecule has 3 heterocycles. The van der Waals surface area contributed by atoms with Gasteiger partial charge in [-0.2, -0.15) is 13.9 Å². The summed E-state index contributed by atoms with van der Waals surface area (Å²) in [5, 5.41) is 11.0. The molecule has 258 valence electrons. The summed E-state index contributed by atoms with van der Waals surface area (Å²) in [5.74, 6) is -2.00. The highest BCUT2D eigenvalue weighted by atomic mass is 31.2. The van der Waals surface area contributed by atoms with Gasteiger partial charge in [0.1, 0.15) is 12.1 Å². The Morgan fingerprint density at radius 1 is 1.02 bits per heavy atom. The van der Waals surface area contributed by atoms with Crippen molar-refractivity contribution in [2.75, 3.05) is 27.2 Å². The van der Waals surface area contributed by atoms with Gasteiger partial charge in [-0.1, -0.05) is 29.8 Å². The van der Waals surface area contributed by atoms with Crippen LogP contribution in [-0.4, -0.2) is 104 Å². The Labute approximate surface area is 279 Å². The molecule has 16 heteroatoms. The lowest BCUT2D eigenvalue weighted by atomic mass is 10.0. The average Bonchev–Trinajstić information content (AvgIpc) is 3.67. The van der Waals surface area contributed by atoms with Gasteiger partial charge in [0.05, 0.1) is 12.1 Å². The average molecular weight is 697 g/mol. The number of rotatable bonds is 6. The number of aryl methyl sites for hydroxylation is 1. The molecule has 2 aliphatic heterocycles. The standard InChI is InChI=1S/C33H35F2N6O7P/c1-18-4-10-25-24(14-18)28(38-37-25)32(45)40-13-12-23-9-11-27(31(44)39(2)3)41(23)30(43)26(17-40)36-29(42)20-6-5-19-7-8-22(16-21(19)15-20)33(34,35)49(46,47)48/h4-8,10,14-16,23,26-27H,9,11-13,17H2,1-3H3,(H,36,42)(H,37,38)(H2,46,47,48)/t23-,26+,27+/m1/s1. The van der Waals surface area contributed by atoms with Crippen LogP contribution in [0.4, 0.5) is 8.78 Å². The molecule has 4 aromatic rings. The number of aromatic amines is 1. The van der Waals surface area contributed by atoms with E-state index in [4.69, 9.17) is 0 Å². The number of H-pyrrole nitrogens is 1. The number of halogens is 2. The topological polar surface area (TPSA) is 176 Å². The van der Waals surface area contributed by atoms with Crippen molar-refractivity contribution in [3.05, 3.63) is 77.0 Å². The number of aromatic nitrogens is 2. The number of fused-ring (bicyclic) bond motifs is 3. The summed E-state index contributed by atoms with van der Waals surface area (Å²) in [6.45, 7) is 1.87. The highest BCUT2D eigenvalue weighted by Crippen LogP contribution is 2.59. The van der Waals surface area contributed by atoms with E-state index in [1.54, 1.807) is 14.1 Å². The maximum Gasteiger partial charge on any atom is 0.399 e. The second kappa shape index (κ2) is 12.6. The van der Waals surface area contributed by atoms with Crippen LogP contribution in [0.3, 0.4) is 0 Å². The largest absolute Gasteiger partial charge is 0.399 e. The lowest BCUT2D eigenvalue weighted by Crippen LogP contribution is -2.61. The van der Waals surface area contributed by atoms with E-state index in [9.17, 15) is 42.3 Å². The summed E-state index contributed by atoms with van der Waals surface area (Å²) >= 11 is 0. The van der Waals surface area contributed by atoms with Gasteiger partial charge in [0.2, 0.25) is 11.8 Å². The maximum atomic E-state index is 14.5. The van der Waals surface area contributed by atoms with E-state index in [0.717, 1.165) is 17.7 Å². The van der Waals surface area contributed by atoms with Crippen LogP contribution >= 0.6 is 7.60 Å². The highest BCUT2D eigenvalue weighted by Gasteiger charge is 2.50. The molecular formula is C33H35F2N6O7P. The first-order valence-corrected chi connectivity index (χ1v) is 17.2. The molecule has 2 saturated heterocycles. The van der Waals surface area contributed by atoms with E-state index in [-0.39, 0.29) is 41.7 Å². The van der Waals surface area contributed by atoms with Crippen molar-refractivity contribution in [1.82, 2.24) is 30.2 Å². The fourth-order valence-electron chi connectivity index (χ4n) is 6.63. The van der Waals surface area contributed by atoms with Crippen LogP contribution in [0.15, 0.2) is 54.6 Å². The molecule has 3 aromatic carbocycles. The monoisotopic (exact) mass is 696 g/mol. The number of nitrogens with one attached hydrogen (secondary N) is 2. The first-order valence-electron chi connectivity index (χ1n) is 15.6. The van der Waals surface area contributed by atoms with Gasteiger partial charge in [0.25, 0.3) is 11.8 Å². The van der Waals surface area contributed by atoms with Crippen LogP contribution in [0.25, 0.3) is 21.7 Å². The van der Waals surface area contributed by atoms with Crippen molar-refractivity contribution in [3.63, 3.8) is 0 Å².